The lowest BCUT2D eigenvalue weighted by Crippen LogP contribution is -1.91. The van der Waals surface area contributed by atoms with Crippen molar-refractivity contribution in [3.8, 4) is 17.1 Å². The van der Waals surface area contributed by atoms with Crippen LogP contribution in [0.25, 0.3) is 11.3 Å². The molecule has 0 aliphatic carbocycles. The third-order valence-corrected chi connectivity index (χ3v) is 3.09. The maximum atomic E-state index is 9.69. The van der Waals surface area contributed by atoms with Gasteiger partial charge >= 0.3 is 0 Å². The lowest BCUT2D eigenvalue weighted by molar-refractivity contribution is 0.147. The van der Waals surface area contributed by atoms with Gasteiger partial charge in [0.05, 0.1) is 12.1 Å². The van der Waals surface area contributed by atoms with Crippen LogP contribution < -0.4 is 4.74 Å². The summed E-state index contributed by atoms with van der Waals surface area (Å²) in [6.45, 7) is 1.90. The molecule has 0 bridgehead atoms. The summed E-state index contributed by atoms with van der Waals surface area (Å²) in [5.41, 5.74) is 0.866. The molecule has 0 amide bonds. The second-order valence-corrected chi connectivity index (χ2v) is 4.38. The number of methoxy groups -OCH3 is 1. The van der Waals surface area contributed by atoms with Gasteiger partial charge in [-0.3, -0.25) is 0 Å². The normalized spacial score (nSPS) is 12.4. The fourth-order valence-electron chi connectivity index (χ4n) is 1.70. The highest BCUT2D eigenvalue weighted by atomic mass is 35.5. The van der Waals surface area contributed by atoms with E-state index in [9.17, 15) is 5.11 Å². The van der Waals surface area contributed by atoms with Crippen molar-refractivity contribution >= 4 is 11.6 Å². The van der Waals surface area contributed by atoms with Gasteiger partial charge in [0.2, 0.25) is 0 Å². The van der Waals surface area contributed by atoms with E-state index in [1.165, 1.54) is 0 Å². The molecular formula is C14H15ClO3. The smallest absolute Gasteiger partial charge is 0.138 e. The van der Waals surface area contributed by atoms with Crippen LogP contribution in [0.15, 0.2) is 34.7 Å². The Morgan fingerprint density at radius 3 is 2.78 bits per heavy atom. The summed E-state index contributed by atoms with van der Waals surface area (Å²) in [6, 6.07) is 9.03. The van der Waals surface area contributed by atoms with Gasteiger partial charge in [-0.05, 0) is 36.8 Å². The van der Waals surface area contributed by atoms with Gasteiger partial charge < -0.3 is 14.3 Å². The largest absolute Gasteiger partial charge is 0.495 e. The summed E-state index contributed by atoms with van der Waals surface area (Å²) in [5.74, 6) is 1.86. The molecule has 0 saturated heterocycles. The minimum absolute atomic E-state index is 0.557. The highest BCUT2D eigenvalue weighted by Crippen LogP contribution is 2.32. The van der Waals surface area contributed by atoms with E-state index < -0.39 is 6.10 Å². The predicted molar refractivity (Wildman–Crippen MR) is 71.0 cm³/mol. The molecule has 4 heteroatoms. The molecular weight excluding hydrogens is 252 g/mol. The fraction of sp³-hybridized carbons (Fsp3) is 0.286. The van der Waals surface area contributed by atoms with Crippen LogP contribution in [0.3, 0.4) is 0 Å². The number of hydrogen-bond donors (Lipinski definition) is 1. The maximum absolute atomic E-state index is 9.69. The quantitative estimate of drug-likeness (QED) is 0.908. The number of halogens is 1. The summed E-state index contributed by atoms with van der Waals surface area (Å²) >= 11 is 5.97. The van der Waals surface area contributed by atoms with Crippen molar-refractivity contribution in [2.45, 2.75) is 19.4 Å². The van der Waals surface area contributed by atoms with Crippen molar-refractivity contribution in [2.75, 3.05) is 7.11 Å². The first kappa shape index (κ1) is 13.0. The number of hydrogen-bond acceptors (Lipinski definition) is 3. The summed E-state index contributed by atoms with van der Waals surface area (Å²) in [4.78, 5) is 0. The minimum Gasteiger partial charge on any atom is -0.495 e. The monoisotopic (exact) mass is 266 g/mol. The average molecular weight is 267 g/mol. The zero-order valence-electron chi connectivity index (χ0n) is 10.3. The zero-order chi connectivity index (χ0) is 13.1. The van der Waals surface area contributed by atoms with Crippen LogP contribution in [0, 0.1) is 0 Å². The summed E-state index contributed by atoms with van der Waals surface area (Å²) in [5, 5.41) is 10.3. The Labute approximate surface area is 111 Å². The highest BCUT2D eigenvalue weighted by molar-refractivity contribution is 6.32. The van der Waals surface area contributed by atoms with Crippen molar-refractivity contribution in [1.82, 2.24) is 0 Å². The van der Waals surface area contributed by atoms with Crippen LogP contribution in [-0.4, -0.2) is 12.2 Å². The molecule has 0 spiro atoms. The molecule has 0 aliphatic heterocycles. The second-order valence-electron chi connectivity index (χ2n) is 3.98. The first-order valence-electron chi connectivity index (χ1n) is 5.77. The van der Waals surface area contributed by atoms with E-state index >= 15 is 0 Å². The van der Waals surface area contributed by atoms with Crippen molar-refractivity contribution in [2.24, 2.45) is 0 Å². The van der Waals surface area contributed by atoms with Gasteiger partial charge in [-0.25, -0.2) is 0 Å². The molecule has 0 aliphatic rings. The van der Waals surface area contributed by atoms with Crippen LogP contribution in [0.1, 0.15) is 25.2 Å². The topological polar surface area (TPSA) is 42.6 Å². The highest BCUT2D eigenvalue weighted by Gasteiger charge is 2.12. The van der Waals surface area contributed by atoms with E-state index in [0.717, 1.165) is 5.56 Å². The van der Waals surface area contributed by atoms with Gasteiger partial charge in [0.25, 0.3) is 0 Å². The SMILES string of the molecule is CCC(O)c1ccc(-c2ccc(Cl)c(OC)c2)o1. The number of ether oxygens (including phenoxy) is 1. The molecule has 0 fully saturated rings. The molecule has 1 aromatic heterocycles. The molecule has 1 heterocycles. The van der Waals surface area contributed by atoms with Crippen LogP contribution in [0.4, 0.5) is 0 Å². The third-order valence-electron chi connectivity index (χ3n) is 2.78. The lowest BCUT2D eigenvalue weighted by atomic mass is 10.1. The van der Waals surface area contributed by atoms with Gasteiger partial charge in [-0.15, -0.1) is 0 Å². The molecule has 1 atom stereocenters. The average Bonchev–Trinajstić information content (AvgIpc) is 2.88. The van der Waals surface area contributed by atoms with Crippen molar-refractivity contribution in [3.63, 3.8) is 0 Å². The molecule has 0 radical (unpaired) electrons. The van der Waals surface area contributed by atoms with Gasteiger partial charge in [-0.2, -0.15) is 0 Å². The zero-order valence-corrected chi connectivity index (χ0v) is 11.1. The lowest BCUT2D eigenvalue weighted by Gasteiger charge is -2.05. The van der Waals surface area contributed by atoms with Gasteiger partial charge in [0.15, 0.2) is 0 Å². The van der Waals surface area contributed by atoms with Crippen molar-refractivity contribution in [1.29, 1.82) is 0 Å². The van der Waals surface area contributed by atoms with Crippen LogP contribution in [-0.2, 0) is 0 Å². The molecule has 18 heavy (non-hydrogen) atoms. The standard InChI is InChI=1S/C14H15ClO3/c1-3-11(16)13-7-6-12(18-13)9-4-5-10(15)14(8-9)17-2/h4-8,11,16H,3H2,1-2H3. The molecule has 3 nitrogen and oxygen atoms in total. The molecule has 1 aromatic carbocycles. The van der Waals surface area contributed by atoms with Gasteiger partial charge in [-0.1, -0.05) is 18.5 Å². The Bertz CT molecular complexity index is 534. The van der Waals surface area contributed by atoms with Crippen LogP contribution in [0.2, 0.25) is 5.02 Å². The Hall–Kier alpha value is -1.45. The summed E-state index contributed by atoms with van der Waals surface area (Å²) in [6.07, 6.45) is 0.0598. The van der Waals surface area contributed by atoms with E-state index in [4.69, 9.17) is 20.8 Å². The van der Waals surface area contributed by atoms with E-state index in [0.29, 0.717) is 28.7 Å². The third kappa shape index (κ3) is 2.52. The Balaban J connectivity index is 2.34. The Morgan fingerprint density at radius 2 is 2.11 bits per heavy atom. The molecule has 1 N–H and O–H groups in total. The van der Waals surface area contributed by atoms with E-state index in [2.05, 4.69) is 0 Å². The van der Waals surface area contributed by atoms with E-state index in [1.54, 1.807) is 19.2 Å². The number of benzene rings is 1. The first-order valence-corrected chi connectivity index (χ1v) is 6.15. The van der Waals surface area contributed by atoms with Crippen molar-refractivity contribution < 1.29 is 14.3 Å². The first-order chi connectivity index (χ1) is 8.65. The van der Waals surface area contributed by atoms with E-state index in [1.807, 2.05) is 25.1 Å². The molecule has 1 unspecified atom stereocenters. The molecule has 2 rings (SSSR count). The van der Waals surface area contributed by atoms with E-state index in [-0.39, 0.29) is 0 Å². The number of aliphatic hydroxyl groups is 1. The van der Waals surface area contributed by atoms with Gasteiger partial charge in [0, 0.05) is 5.56 Å². The van der Waals surface area contributed by atoms with Gasteiger partial charge in [0.1, 0.15) is 23.4 Å². The molecule has 2 aromatic rings. The second kappa shape index (κ2) is 5.46. The minimum atomic E-state index is -0.562. The summed E-state index contributed by atoms with van der Waals surface area (Å²) < 4.78 is 10.8. The van der Waals surface area contributed by atoms with Crippen LogP contribution in [0.5, 0.6) is 5.75 Å². The fourth-order valence-corrected chi connectivity index (χ4v) is 1.90. The van der Waals surface area contributed by atoms with Crippen LogP contribution >= 0.6 is 11.6 Å². The molecule has 96 valence electrons. The summed E-state index contributed by atoms with van der Waals surface area (Å²) in [7, 11) is 1.57. The Morgan fingerprint density at radius 1 is 1.33 bits per heavy atom. The predicted octanol–water partition coefficient (Wildman–Crippen LogP) is 4.05. The molecule has 0 saturated carbocycles. The number of furan rings is 1. The Kier molecular flexibility index (Phi) is 3.94. The number of rotatable bonds is 4. The maximum Gasteiger partial charge on any atom is 0.138 e. The number of aliphatic hydroxyl groups excluding tert-OH is 1. The van der Waals surface area contributed by atoms with Crippen molar-refractivity contribution in [3.05, 3.63) is 41.1 Å².